The smallest absolute Gasteiger partial charge is 0.307 e. The molecule has 0 aliphatic carbocycles. The van der Waals surface area contributed by atoms with E-state index in [1.807, 2.05) is 25.1 Å². The quantitative estimate of drug-likeness (QED) is 0.769. The van der Waals surface area contributed by atoms with Crippen molar-refractivity contribution in [2.45, 2.75) is 37.9 Å². The fraction of sp³-hybridized carbons (Fsp3) is 0.533. The van der Waals surface area contributed by atoms with Crippen LogP contribution in [0.25, 0.3) is 0 Å². The molecule has 2 nitrogen and oxygen atoms in total. The van der Waals surface area contributed by atoms with E-state index in [4.69, 9.17) is 0 Å². The molecular weight excluding hydrogens is 292 g/mol. The molecule has 100 valence electrons. The average molecular weight is 313 g/mol. The van der Waals surface area contributed by atoms with E-state index in [0.29, 0.717) is 5.92 Å². The van der Waals surface area contributed by atoms with Crippen molar-refractivity contribution >= 4 is 21.9 Å². The van der Waals surface area contributed by atoms with Crippen molar-refractivity contribution < 1.29 is 9.90 Å². The molecule has 0 aliphatic heterocycles. The summed E-state index contributed by atoms with van der Waals surface area (Å²) in [6.07, 6.45) is 2.70. The third-order valence-corrected chi connectivity index (χ3v) is 4.04. The number of benzene rings is 1. The molecule has 0 heterocycles. The van der Waals surface area contributed by atoms with Crippen LogP contribution in [0.2, 0.25) is 0 Å². The monoisotopic (exact) mass is 312 g/mol. The summed E-state index contributed by atoms with van der Waals surface area (Å²) >= 11 is 3.40. The molecular formula is C15H21BrO2. The Morgan fingerprint density at radius 3 is 2.39 bits per heavy atom. The second-order valence-electron chi connectivity index (χ2n) is 4.82. The van der Waals surface area contributed by atoms with E-state index < -0.39 is 5.97 Å². The molecule has 0 aromatic heterocycles. The molecule has 1 aromatic rings. The summed E-state index contributed by atoms with van der Waals surface area (Å²) in [4.78, 5) is 11.2. The average Bonchev–Trinajstić information content (AvgIpc) is 2.34. The summed E-state index contributed by atoms with van der Waals surface area (Å²) in [6.45, 7) is 4.04. The lowest BCUT2D eigenvalue weighted by atomic mass is 9.86. The minimum absolute atomic E-state index is 0.0137. The number of hydrogen-bond donors (Lipinski definition) is 1. The number of aliphatic carboxylic acids is 1. The van der Waals surface area contributed by atoms with E-state index in [-0.39, 0.29) is 10.7 Å². The van der Waals surface area contributed by atoms with Gasteiger partial charge in [-0.15, -0.1) is 0 Å². The lowest BCUT2D eigenvalue weighted by Crippen LogP contribution is -2.25. The van der Waals surface area contributed by atoms with Crippen LogP contribution in [0.4, 0.5) is 0 Å². The Labute approximate surface area is 118 Å². The molecule has 0 spiro atoms. The Morgan fingerprint density at radius 1 is 1.33 bits per heavy atom. The first-order valence-corrected chi connectivity index (χ1v) is 7.37. The predicted molar refractivity (Wildman–Crippen MR) is 78.1 cm³/mol. The molecule has 0 saturated heterocycles. The van der Waals surface area contributed by atoms with Gasteiger partial charge in [0.05, 0.1) is 5.92 Å². The van der Waals surface area contributed by atoms with Gasteiger partial charge >= 0.3 is 5.97 Å². The topological polar surface area (TPSA) is 37.3 Å². The first-order chi connectivity index (χ1) is 8.54. The summed E-state index contributed by atoms with van der Waals surface area (Å²) in [6, 6.07) is 10.3. The molecule has 1 N–H and O–H groups in total. The maximum Gasteiger partial charge on any atom is 0.307 e. The summed E-state index contributed by atoms with van der Waals surface area (Å²) < 4.78 is 0. The van der Waals surface area contributed by atoms with Crippen LogP contribution >= 0.6 is 15.9 Å². The summed E-state index contributed by atoms with van der Waals surface area (Å²) in [5, 5.41) is 9.22. The van der Waals surface area contributed by atoms with Gasteiger partial charge in [0, 0.05) is 4.83 Å². The van der Waals surface area contributed by atoms with Crippen LogP contribution in [0.5, 0.6) is 0 Å². The molecule has 18 heavy (non-hydrogen) atoms. The minimum atomic E-state index is -0.703. The van der Waals surface area contributed by atoms with Gasteiger partial charge in [-0.3, -0.25) is 4.79 Å². The lowest BCUT2D eigenvalue weighted by molar-refractivity contribution is -0.142. The van der Waals surface area contributed by atoms with Crippen LogP contribution in [0.3, 0.4) is 0 Å². The highest BCUT2D eigenvalue weighted by Crippen LogP contribution is 2.26. The molecule has 1 aromatic carbocycles. The summed E-state index contributed by atoms with van der Waals surface area (Å²) in [5.74, 6) is -0.585. The number of rotatable bonds is 7. The maximum atomic E-state index is 11.2. The molecule has 0 saturated carbocycles. The zero-order chi connectivity index (χ0) is 13.5. The van der Waals surface area contributed by atoms with E-state index >= 15 is 0 Å². The highest BCUT2D eigenvalue weighted by molar-refractivity contribution is 9.09. The second-order valence-corrected chi connectivity index (χ2v) is 6.27. The number of carboxylic acid groups (broad SMARTS) is 1. The first kappa shape index (κ1) is 15.2. The molecule has 0 radical (unpaired) electrons. The fourth-order valence-electron chi connectivity index (χ4n) is 2.19. The van der Waals surface area contributed by atoms with E-state index in [9.17, 15) is 9.90 Å². The van der Waals surface area contributed by atoms with Crippen molar-refractivity contribution in [3.63, 3.8) is 0 Å². The molecule has 3 atom stereocenters. The first-order valence-electron chi connectivity index (χ1n) is 6.45. The van der Waals surface area contributed by atoms with Crippen LogP contribution in [-0.4, -0.2) is 15.9 Å². The molecule has 3 unspecified atom stereocenters. The van der Waals surface area contributed by atoms with Crippen LogP contribution in [-0.2, 0) is 11.2 Å². The highest BCUT2D eigenvalue weighted by atomic mass is 79.9. The fourth-order valence-corrected chi connectivity index (χ4v) is 2.63. The molecule has 1 rings (SSSR count). The predicted octanol–water partition coefficient (Wildman–Crippen LogP) is 4.13. The maximum absolute atomic E-state index is 11.2. The number of halogens is 1. The molecule has 0 fully saturated rings. The van der Waals surface area contributed by atoms with Gasteiger partial charge in [0.15, 0.2) is 0 Å². The normalized spacial score (nSPS) is 15.9. The molecule has 0 amide bonds. The number of carbonyl (C=O) groups is 1. The van der Waals surface area contributed by atoms with Gasteiger partial charge in [0.25, 0.3) is 0 Å². The van der Waals surface area contributed by atoms with Gasteiger partial charge in [-0.2, -0.15) is 0 Å². The van der Waals surface area contributed by atoms with Crippen molar-refractivity contribution in [3.05, 3.63) is 35.9 Å². The zero-order valence-electron chi connectivity index (χ0n) is 11.0. The SMILES string of the molecule is CCC(Cc1ccccc1)CC(C(=O)O)C(C)Br. The van der Waals surface area contributed by atoms with Gasteiger partial charge in [0.1, 0.15) is 0 Å². The molecule has 3 heteroatoms. The van der Waals surface area contributed by atoms with Crippen LogP contribution in [0.15, 0.2) is 30.3 Å². The lowest BCUT2D eigenvalue weighted by Gasteiger charge is -2.21. The van der Waals surface area contributed by atoms with E-state index in [2.05, 4.69) is 35.0 Å². The summed E-state index contributed by atoms with van der Waals surface area (Å²) in [7, 11) is 0. The Kier molecular flexibility index (Phi) is 6.41. The van der Waals surface area contributed by atoms with Crippen molar-refractivity contribution in [2.75, 3.05) is 0 Å². The van der Waals surface area contributed by atoms with Crippen molar-refractivity contribution in [2.24, 2.45) is 11.8 Å². The highest BCUT2D eigenvalue weighted by Gasteiger charge is 2.25. The Balaban J connectivity index is 2.64. The number of carboxylic acids is 1. The Hall–Kier alpha value is -0.830. The number of alkyl halides is 1. The molecule has 0 bridgehead atoms. The van der Waals surface area contributed by atoms with Crippen LogP contribution in [0.1, 0.15) is 32.3 Å². The van der Waals surface area contributed by atoms with Crippen molar-refractivity contribution in [1.29, 1.82) is 0 Å². The van der Waals surface area contributed by atoms with Gasteiger partial charge < -0.3 is 5.11 Å². The molecule has 0 aliphatic rings. The minimum Gasteiger partial charge on any atom is -0.481 e. The standard InChI is InChI=1S/C15H21BrO2/c1-3-12(9-13-7-5-4-6-8-13)10-14(11(2)16)15(17)18/h4-8,11-12,14H,3,9-10H2,1-2H3,(H,17,18). The largest absolute Gasteiger partial charge is 0.481 e. The van der Waals surface area contributed by atoms with Crippen molar-refractivity contribution in [1.82, 2.24) is 0 Å². The zero-order valence-corrected chi connectivity index (χ0v) is 12.6. The Morgan fingerprint density at radius 2 is 1.94 bits per heavy atom. The van der Waals surface area contributed by atoms with Gasteiger partial charge in [-0.1, -0.05) is 66.5 Å². The van der Waals surface area contributed by atoms with Crippen LogP contribution in [0, 0.1) is 11.8 Å². The summed E-state index contributed by atoms with van der Waals surface area (Å²) in [5.41, 5.74) is 1.29. The van der Waals surface area contributed by atoms with Gasteiger partial charge in [0.2, 0.25) is 0 Å². The third-order valence-electron chi connectivity index (χ3n) is 3.40. The Bertz CT molecular complexity index is 362. The van der Waals surface area contributed by atoms with Crippen LogP contribution < -0.4 is 0 Å². The van der Waals surface area contributed by atoms with E-state index in [0.717, 1.165) is 19.3 Å². The van der Waals surface area contributed by atoms with E-state index in [1.165, 1.54) is 5.56 Å². The van der Waals surface area contributed by atoms with Gasteiger partial charge in [-0.05, 0) is 24.3 Å². The third kappa shape index (κ3) is 4.81. The number of hydrogen-bond acceptors (Lipinski definition) is 1. The van der Waals surface area contributed by atoms with Gasteiger partial charge in [-0.25, -0.2) is 0 Å². The van der Waals surface area contributed by atoms with E-state index in [1.54, 1.807) is 0 Å². The second kappa shape index (κ2) is 7.57. The van der Waals surface area contributed by atoms with Crippen molar-refractivity contribution in [3.8, 4) is 0 Å².